The smallest absolute Gasteiger partial charge is 0.147 e. The highest BCUT2D eigenvalue weighted by molar-refractivity contribution is 7.99. The quantitative estimate of drug-likeness (QED) is 0.488. The Labute approximate surface area is 95.0 Å². The number of para-hydroxylation sites is 1. The summed E-state index contributed by atoms with van der Waals surface area (Å²) in [5.74, 6) is 1.02. The minimum absolute atomic E-state index is 0.243. The van der Waals surface area contributed by atoms with Crippen molar-refractivity contribution < 1.29 is 8.42 Å². The number of rotatable bonds is 5. The van der Waals surface area contributed by atoms with Gasteiger partial charge in [-0.25, -0.2) is 8.42 Å². The third-order valence-corrected chi connectivity index (χ3v) is 4.04. The third-order valence-electron chi connectivity index (χ3n) is 1.84. The van der Waals surface area contributed by atoms with Gasteiger partial charge in [0.2, 0.25) is 0 Å². The Morgan fingerprint density at radius 3 is 2.60 bits per heavy atom. The Bertz CT molecular complexity index is 415. The number of thioether (sulfide) groups is 1. The Morgan fingerprint density at radius 1 is 1.33 bits per heavy atom. The van der Waals surface area contributed by atoms with Crippen molar-refractivity contribution in [1.29, 1.82) is 0 Å². The summed E-state index contributed by atoms with van der Waals surface area (Å²) < 4.78 is 21.8. The first-order valence-electron chi connectivity index (χ1n) is 4.64. The van der Waals surface area contributed by atoms with E-state index in [9.17, 15) is 8.42 Å². The van der Waals surface area contributed by atoms with Gasteiger partial charge in [-0.3, -0.25) is 0 Å². The summed E-state index contributed by atoms with van der Waals surface area (Å²) in [7, 11) is -2.83. The van der Waals surface area contributed by atoms with Gasteiger partial charge in [-0.1, -0.05) is 12.1 Å². The van der Waals surface area contributed by atoms with Crippen LogP contribution in [0.5, 0.6) is 0 Å². The van der Waals surface area contributed by atoms with Crippen molar-refractivity contribution in [2.45, 2.75) is 11.3 Å². The zero-order valence-corrected chi connectivity index (χ0v) is 10.3. The lowest BCUT2D eigenvalue weighted by molar-refractivity contribution is 0.600. The van der Waals surface area contributed by atoms with Gasteiger partial charge in [0.15, 0.2) is 0 Å². The first kappa shape index (κ1) is 12.4. The van der Waals surface area contributed by atoms with E-state index < -0.39 is 9.84 Å². The average Bonchev–Trinajstić information content (AvgIpc) is 2.13. The molecule has 0 aliphatic rings. The minimum Gasteiger partial charge on any atom is -0.398 e. The number of nitrogen functional groups attached to an aromatic ring is 1. The molecule has 0 saturated carbocycles. The van der Waals surface area contributed by atoms with Crippen LogP contribution in [0.4, 0.5) is 5.69 Å². The van der Waals surface area contributed by atoms with Crippen molar-refractivity contribution in [3.8, 4) is 0 Å². The summed E-state index contributed by atoms with van der Waals surface area (Å²) >= 11 is 1.60. The molecular weight excluding hydrogens is 230 g/mol. The van der Waals surface area contributed by atoms with Gasteiger partial charge in [0.05, 0.1) is 5.75 Å². The van der Waals surface area contributed by atoms with Crippen LogP contribution >= 0.6 is 11.8 Å². The van der Waals surface area contributed by atoms with Crippen molar-refractivity contribution >= 4 is 27.3 Å². The fraction of sp³-hybridized carbons (Fsp3) is 0.400. The molecule has 1 rings (SSSR count). The van der Waals surface area contributed by atoms with Crippen LogP contribution in [0.1, 0.15) is 6.42 Å². The molecule has 1 aromatic rings. The van der Waals surface area contributed by atoms with Crippen molar-refractivity contribution in [2.75, 3.05) is 23.5 Å². The molecule has 84 valence electrons. The average molecular weight is 245 g/mol. The van der Waals surface area contributed by atoms with Crippen LogP contribution in [0.25, 0.3) is 0 Å². The number of hydrogen-bond donors (Lipinski definition) is 1. The summed E-state index contributed by atoms with van der Waals surface area (Å²) in [6.07, 6.45) is 1.92. The number of nitrogens with two attached hydrogens (primary N) is 1. The van der Waals surface area contributed by atoms with Crippen LogP contribution in [0.2, 0.25) is 0 Å². The van der Waals surface area contributed by atoms with Crippen LogP contribution < -0.4 is 5.73 Å². The highest BCUT2D eigenvalue weighted by Gasteiger charge is 2.03. The number of anilines is 1. The molecule has 0 aliphatic heterocycles. The summed E-state index contributed by atoms with van der Waals surface area (Å²) in [6.45, 7) is 0. The molecule has 0 heterocycles. The van der Waals surface area contributed by atoms with Crippen LogP contribution in [0.3, 0.4) is 0 Å². The predicted molar refractivity (Wildman–Crippen MR) is 65.9 cm³/mol. The summed E-state index contributed by atoms with van der Waals surface area (Å²) in [4.78, 5) is 1.02. The van der Waals surface area contributed by atoms with Gasteiger partial charge in [-0.05, 0) is 24.3 Å². The van der Waals surface area contributed by atoms with Gasteiger partial charge in [0.25, 0.3) is 0 Å². The Hall–Kier alpha value is -0.680. The van der Waals surface area contributed by atoms with E-state index in [1.54, 1.807) is 11.8 Å². The van der Waals surface area contributed by atoms with Crippen LogP contribution in [0.15, 0.2) is 29.2 Å². The first-order valence-corrected chi connectivity index (χ1v) is 7.69. The summed E-state index contributed by atoms with van der Waals surface area (Å²) in [5, 5.41) is 0. The van der Waals surface area contributed by atoms with Crippen molar-refractivity contribution in [3.63, 3.8) is 0 Å². The molecule has 2 N–H and O–H groups in total. The van der Waals surface area contributed by atoms with Gasteiger partial charge in [-0.15, -0.1) is 11.8 Å². The molecule has 0 aliphatic carbocycles. The number of hydrogen-bond acceptors (Lipinski definition) is 4. The molecule has 3 nitrogen and oxygen atoms in total. The molecule has 0 radical (unpaired) electrons. The molecule has 0 aromatic heterocycles. The molecule has 0 spiro atoms. The molecular formula is C10H15NO2S2. The standard InChI is InChI=1S/C10H15NO2S2/c1-15(12,13)8-4-7-14-10-6-3-2-5-9(10)11/h2-3,5-6H,4,7-8,11H2,1H3. The number of benzene rings is 1. The molecule has 1 aromatic carbocycles. The van der Waals surface area contributed by atoms with Crippen LogP contribution in [0, 0.1) is 0 Å². The SMILES string of the molecule is CS(=O)(=O)CCCSc1ccccc1N. The van der Waals surface area contributed by atoms with E-state index >= 15 is 0 Å². The Kier molecular flexibility index (Phi) is 4.47. The van der Waals surface area contributed by atoms with Crippen molar-refractivity contribution in [3.05, 3.63) is 24.3 Å². The van der Waals surface area contributed by atoms with Crippen LogP contribution in [-0.2, 0) is 9.84 Å². The van der Waals surface area contributed by atoms with E-state index in [1.165, 1.54) is 6.26 Å². The molecule has 0 atom stereocenters. The van der Waals surface area contributed by atoms with Crippen molar-refractivity contribution in [2.24, 2.45) is 0 Å². The highest BCUT2D eigenvalue weighted by atomic mass is 32.2. The van der Waals surface area contributed by atoms with E-state index in [-0.39, 0.29) is 5.75 Å². The molecule has 5 heteroatoms. The lowest BCUT2D eigenvalue weighted by Gasteiger charge is -2.04. The van der Waals surface area contributed by atoms with E-state index in [0.717, 1.165) is 16.3 Å². The van der Waals surface area contributed by atoms with E-state index in [2.05, 4.69) is 0 Å². The van der Waals surface area contributed by atoms with E-state index in [4.69, 9.17) is 5.73 Å². The second-order valence-electron chi connectivity index (χ2n) is 3.37. The molecule has 0 unspecified atom stereocenters. The second kappa shape index (κ2) is 5.42. The Morgan fingerprint density at radius 2 is 2.00 bits per heavy atom. The lowest BCUT2D eigenvalue weighted by Crippen LogP contribution is -2.03. The zero-order valence-electron chi connectivity index (χ0n) is 8.64. The Balaban J connectivity index is 2.36. The predicted octanol–water partition coefficient (Wildman–Crippen LogP) is 1.80. The van der Waals surface area contributed by atoms with E-state index in [1.807, 2.05) is 24.3 Å². The van der Waals surface area contributed by atoms with Crippen molar-refractivity contribution in [1.82, 2.24) is 0 Å². The van der Waals surface area contributed by atoms with Gasteiger partial charge in [0, 0.05) is 16.8 Å². The lowest BCUT2D eigenvalue weighted by atomic mass is 10.3. The molecule has 15 heavy (non-hydrogen) atoms. The molecule has 0 saturated heterocycles. The fourth-order valence-electron chi connectivity index (χ4n) is 1.12. The summed E-state index contributed by atoms with van der Waals surface area (Å²) in [6, 6.07) is 7.60. The second-order valence-corrected chi connectivity index (χ2v) is 6.77. The molecule has 0 fully saturated rings. The summed E-state index contributed by atoms with van der Waals surface area (Å²) in [5.41, 5.74) is 6.50. The maximum absolute atomic E-state index is 10.9. The fourth-order valence-corrected chi connectivity index (χ4v) is 2.88. The van der Waals surface area contributed by atoms with Crippen LogP contribution in [-0.4, -0.2) is 26.2 Å². The monoisotopic (exact) mass is 245 g/mol. The highest BCUT2D eigenvalue weighted by Crippen LogP contribution is 2.24. The third kappa shape index (κ3) is 5.09. The maximum atomic E-state index is 10.9. The largest absolute Gasteiger partial charge is 0.398 e. The van der Waals surface area contributed by atoms with E-state index in [0.29, 0.717) is 6.42 Å². The molecule has 0 bridgehead atoms. The van der Waals surface area contributed by atoms with Gasteiger partial charge in [-0.2, -0.15) is 0 Å². The normalized spacial score (nSPS) is 11.5. The molecule has 0 amide bonds. The topological polar surface area (TPSA) is 60.2 Å². The first-order chi connectivity index (χ1) is 6.99. The van der Waals surface area contributed by atoms with Gasteiger partial charge >= 0.3 is 0 Å². The maximum Gasteiger partial charge on any atom is 0.147 e. The minimum atomic E-state index is -2.83. The van der Waals surface area contributed by atoms with Gasteiger partial charge < -0.3 is 5.73 Å². The zero-order chi connectivity index (χ0) is 11.3. The number of sulfone groups is 1. The van der Waals surface area contributed by atoms with Gasteiger partial charge in [0.1, 0.15) is 9.84 Å².